The van der Waals surface area contributed by atoms with E-state index in [-0.39, 0.29) is 6.04 Å². The Bertz CT molecular complexity index is 815. The van der Waals surface area contributed by atoms with Crippen molar-refractivity contribution in [3.63, 3.8) is 0 Å². The first-order chi connectivity index (χ1) is 12.5. The number of hydrogen-bond acceptors (Lipinski definition) is 4. The molecule has 0 atom stereocenters. The van der Waals surface area contributed by atoms with Crippen molar-refractivity contribution >= 4 is 27.0 Å². The van der Waals surface area contributed by atoms with Gasteiger partial charge in [0.05, 0.1) is 0 Å². The quantitative estimate of drug-likeness (QED) is 0.773. The van der Waals surface area contributed by atoms with Gasteiger partial charge in [0.1, 0.15) is 4.21 Å². The SMILES string of the molecule is C#C.CN(C)c1ccc(-c2ccc(S(=O)(=O)NC3CCCCC3)s2)cc1. The van der Waals surface area contributed by atoms with Crippen molar-refractivity contribution in [2.45, 2.75) is 42.4 Å². The molecule has 1 aliphatic rings. The van der Waals surface area contributed by atoms with E-state index in [0.717, 1.165) is 41.8 Å². The van der Waals surface area contributed by atoms with Crippen LogP contribution in [0.4, 0.5) is 5.69 Å². The topological polar surface area (TPSA) is 49.4 Å². The molecule has 0 unspecified atom stereocenters. The molecule has 1 aromatic carbocycles. The first kappa shape index (κ1) is 20.5. The Morgan fingerprint density at radius 3 is 2.19 bits per heavy atom. The number of nitrogens with one attached hydrogen (secondary N) is 1. The van der Waals surface area contributed by atoms with Gasteiger partial charge in [-0.25, -0.2) is 13.1 Å². The van der Waals surface area contributed by atoms with Crippen LogP contribution in [-0.2, 0) is 10.0 Å². The molecule has 1 heterocycles. The second-order valence-electron chi connectivity index (χ2n) is 6.52. The van der Waals surface area contributed by atoms with Crippen LogP contribution in [0.2, 0.25) is 0 Å². The zero-order valence-electron chi connectivity index (χ0n) is 15.3. The number of hydrogen-bond donors (Lipinski definition) is 1. The van der Waals surface area contributed by atoms with Crippen LogP contribution in [0.1, 0.15) is 32.1 Å². The minimum atomic E-state index is -3.41. The van der Waals surface area contributed by atoms with Gasteiger partial charge in [-0.3, -0.25) is 0 Å². The van der Waals surface area contributed by atoms with Gasteiger partial charge in [-0.2, -0.15) is 0 Å². The maximum atomic E-state index is 12.6. The van der Waals surface area contributed by atoms with Crippen molar-refractivity contribution < 1.29 is 8.42 Å². The summed E-state index contributed by atoms with van der Waals surface area (Å²) < 4.78 is 28.4. The molecule has 3 rings (SSSR count). The van der Waals surface area contributed by atoms with Gasteiger partial charge in [-0.15, -0.1) is 24.2 Å². The zero-order chi connectivity index (χ0) is 19.2. The predicted molar refractivity (Wildman–Crippen MR) is 111 cm³/mol. The van der Waals surface area contributed by atoms with Crippen LogP contribution in [0.3, 0.4) is 0 Å². The number of nitrogens with zero attached hydrogens (tertiary/aromatic N) is 1. The van der Waals surface area contributed by atoms with Crippen LogP contribution in [-0.4, -0.2) is 28.6 Å². The average molecular weight is 391 g/mol. The van der Waals surface area contributed by atoms with Crippen molar-refractivity contribution in [3.8, 4) is 23.3 Å². The number of terminal acetylenes is 1. The zero-order valence-corrected chi connectivity index (χ0v) is 16.9. The molecule has 1 fully saturated rings. The molecule has 0 bridgehead atoms. The van der Waals surface area contributed by atoms with E-state index < -0.39 is 10.0 Å². The van der Waals surface area contributed by atoms with E-state index in [0.29, 0.717) is 4.21 Å². The van der Waals surface area contributed by atoms with Crippen molar-refractivity contribution in [3.05, 3.63) is 36.4 Å². The molecule has 0 aliphatic heterocycles. The van der Waals surface area contributed by atoms with Crippen LogP contribution in [0.5, 0.6) is 0 Å². The lowest BCUT2D eigenvalue weighted by Crippen LogP contribution is -2.35. The van der Waals surface area contributed by atoms with Crippen LogP contribution >= 0.6 is 11.3 Å². The largest absolute Gasteiger partial charge is 0.378 e. The molecule has 1 aliphatic carbocycles. The normalized spacial score (nSPS) is 15.1. The monoisotopic (exact) mass is 390 g/mol. The summed E-state index contributed by atoms with van der Waals surface area (Å²) in [6.45, 7) is 0. The van der Waals surface area contributed by atoms with Gasteiger partial charge in [0.2, 0.25) is 10.0 Å². The molecule has 26 heavy (non-hydrogen) atoms. The van der Waals surface area contributed by atoms with E-state index in [9.17, 15) is 8.42 Å². The maximum absolute atomic E-state index is 12.6. The summed E-state index contributed by atoms with van der Waals surface area (Å²) in [6.07, 6.45) is 13.3. The third-order valence-corrected chi connectivity index (χ3v) is 7.59. The van der Waals surface area contributed by atoms with Gasteiger partial charge in [0.25, 0.3) is 0 Å². The molecule has 6 heteroatoms. The van der Waals surface area contributed by atoms with E-state index in [1.807, 2.05) is 49.3 Å². The summed E-state index contributed by atoms with van der Waals surface area (Å²) in [5.74, 6) is 0. The Labute approximate surface area is 161 Å². The summed E-state index contributed by atoms with van der Waals surface area (Å²) in [5, 5.41) is 0. The molecular formula is C20H26N2O2S2. The number of benzene rings is 1. The fraction of sp³-hybridized carbons (Fsp3) is 0.400. The van der Waals surface area contributed by atoms with Crippen LogP contribution < -0.4 is 9.62 Å². The highest BCUT2D eigenvalue weighted by Crippen LogP contribution is 2.32. The van der Waals surface area contributed by atoms with Crippen molar-refractivity contribution in [2.24, 2.45) is 0 Å². The minimum Gasteiger partial charge on any atom is -0.378 e. The Morgan fingerprint density at radius 1 is 1.00 bits per heavy atom. The second-order valence-corrected chi connectivity index (χ2v) is 9.54. The number of sulfonamides is 1. The number of thiophene rings is 1. The molecule has 0 radical (unpaired) electrons. The summed E-state index contributed by atoms with van der Waals surface area (Å²) in [4.78, 5) is 3.02. The molecule has 4 nitrogen and oxygen atoms in total. The first-order valence-electron chi connectivity index (χ1n) is 8.69. The van der Waals surface area contributed by atoms with Gasteiger partial charge in [-0.05, 0) is 42.7 Å². The molecule has 140 valence electrons. The molecule has 1 aromatic heterocycles. The third kappa shape index (κ3) is 5.10. The lowest BCUT2D eigenvalue weighted by molar-refractivity contribution is 0.412. The van der Waals surface area contributed by atoms with Gasteiger partial charge >= 0.3 is 0 Å². The van der Waals surface area contributed by atoms with E-state index in [1.54, 1.807) is 6.07 Å². The fourth-order valence-electron chi connectivity index (χ4n) is 3.04. The van der Waals surface area contributed by atoms with E-state index in [1.165, 1.54) is 17.8 Å². The lowest BCUT2D eigenvalue weighted by Gasteiger charge is -2.22. The Morgan fingerprint density at radius 2 is 1.62 bits per heavy atom. The van der Waals surface area contributed by atoms with Gasteiger partial charge in [0, 0.05) is 30.7 Å². The first-order valence-corrected chi connectivity index (χ1v) is 11.0. The third-order valence-electron chi connectivity index (χ3n) is 4.44. The van der Waals surface area contributed by atoms with E-state index in [2.05, 4.69) is 17.6 Å². The second kappa shape index (κ2) is 9.22. The smallest absolute Gasteiger partial charge is 0.250 e. The fourth-order valence-corrected chi connectivity index (χ4v) is 5.67. The number of anilines is 1. The Hall–Kier alpha value is -1.81. The predicted octanol–water partition coefficient (Wildman–Crippen LogP) is 4.34. The van der Waals surface area contributed by atoms with Crippen molar-refractivity contribution in [1.29, 1.82) is 0 Å². The maximum Gasteiger partial charge on any atom is 0.250 e. The Balaban J connectivity index is 0.00000117. The standard InChI is InChI=1S/C18H24N2O2S2.C2H2/c1-20(2)16-10-8-14(9-11-16)17-12-13-18(23-17)24(21,22)19-15-6-4-3-5-7-15;1-2/h8-13,15,19H,3-7H2,1-2H3;1-2H. The molecule has 0 saturated heterocycles. The molecule has 2 aromatic rings. The number of rotatable bonds is 5. The van der Waals surface area contributed by atoms with Gasteiger partial charge in [0.15, 0.2) is 0 Å². The molecular weight excluding hydrogens is 364 g/mol. The van der Waals surface area contributed by atoms with Gasteiger partial charge < -0.3 is 4.90 Å². The summed E-state index contributed by atoms with van der Waals surface area (Å²) >= 11 is 1.33. The molecule has 0 spiro atoms. The summed E-state index contributed by atoms with van der Waals surface area (Å²) in [6, 6.07) is 11.9. The highest BCUT2D eigenvalue weighted by Gasteiger charge is 2.23. The van der Waals surface area contributed by atoms with E-state index >= 15 is 0 Å². The van der Waals surface area contributed by atoms with Crippen molar-refractivity contribution in [1.82, 2.24) is 4.72 Å². The van der Waals surface area contributed by atoms with Crippen LogP contribution in [0, 0.1) is 12.8 Å². The van der Waals surface area contributed by atoms with Crippen LogP contribution in [0.25, 0.3) is 10.4 Å². The molecule has 1 saturated carbocycles. The Kier molecular flexibility index (Phi) is 7.27. The highest BCUT2D eigenvalue weighted by molar-refractivity contribution is 7.91. The molecule has 1 N–H and O–H groups in total. The lowest BCUT2D eigenvalue weighted by atomic mass is 9.96. The van der Waals surface area contributed by atoms with E-state index in [4.69, 9.17) is 0 Å². The highest BCUT2D eigenvalue weighted by atomic mass is 32.2. The van der Waals surface area contributed by atoms with Crippen molar-refractivity contribution in [2.75, 3.05) is 19.0 Å². The summed E-state index contributed by atoms with van der Waals surface area (Å²) in [7, 11) is 0.595. The molecule has 0 amide bonds. The van der Waals surface area contributed by atoms with Crippen LogP contribution in [0.15, 0.2) is 40.6 Å². The average Bonchev–Trinajstić information content (AvgIpc) is 3.15. The summed E-state index contributed by atoms with van der Waals surface area (Å²) in [5.41, 5.74) is 2.17. The minimum absolute atomic E-state index is 0.0914. The van der Waals surface area contributed by atoms with Gasteiger partial charge in [-0.1, -0.05) is 31.4 Å².